The molecular weight excluding hydrogens is 410 g/mol. The molecule has 0 atom stereocenters. The van der Waals surface area contributed by atoms with Gasteiger partial charge in [0, 0.05) is 17.4 Å². The number of rotatable bonds is 6. The van der Waals surface area contributed by atoms with E-state index >= 15 is 0 Å². The smallest absolute Gasteiger partial charge is 0.215 e. The Hall–Kier alpha value is -3.24. The van der Waals surface area contributed by atoms with Gasteiger partial charge >= 0.3 is 0 Å². The molecule has 4 aromatic rings. The lowest BCUT2D eigenvalue weighted by atomic mass is 9.95. The summed E-state index contributed by atoms with van der Waals surface area (Å²) in [7, 11) is 3.24. The van der Waals surface area contributed by atoms with Crippen molar-refractivity contribution in [2.45, 2.75) is 19.8 Å². The standard InChI is InChI=1S/C26H25NO3.ClH/c1-4-23-21-16-25(30-3)24(29-2)15-20(21)22(26(28)27-23)14-17-9-8-12-19(13-17)18-10-6-5-7-11-18;/h5-13,15-16H,4,14H2,1-3H3,(H,27,28);1H. The van der Waals surface area contributed by atoms with Crippen LogP contribution in [0.15, 0.2) is 66.7 Å². The molecule has 5 heteroatoms. The van der Waals surface area contributed by atoms with Crippen LogP contribution in [0.2, 0.25) is 0 Å². The van der Waals surface area contributed by atoms with E-state index in [2.05, 4.69) is 35.3 Å². The van der Waals surface area contributed by atoms with Crippen molar-refractivity contribution in [3.8, 4) is 28.5 Å². The summed E-state index contributed by atoms with van der Waals surface area (Å²) in [4.78, 5) is 4.49. The zero-order valence-corrected chi connectivity index (χ0v) is 18.7. The van der Waals surface area contributed by atoms with Crippen LogP contribution in [0.3, 0.4) is 0 Å². The van der Waals surface area contributed by atoms with E-state index < -0.39 is 0 Å². The third-order valence-corrected chi connectivity index (χ3v) is 5.42. The number of nitrogens with zero attached hydrogens (tertiary/aromatic N) is 1. The van der Waals surface area contributed by atoms with Crippen LogP contribution < -0.4 is 9.47 Å². The molecule has 0 amide bonds. The van der Waals surface area contributed by atoms with Gasteiger partial charge in [-0.25, -0.2) is 4.98 Å². The molecule has 0 aliphatic carbocycles. The summed E-state index contributed by atoms with van der Waals surface area (Å²) in [6.07, 6.45) is 1.28. The molecule has 0 aliphatic heterocycles. The second-order valence-electron chi connectivity index (χ2n) is 7.21. The number of fused-ring (bicyclic) bond motifs is 1. The van der Waals surface area contributed by atoms with Crippen molar-refractivity contribution in [1.82, 2.24) is 4.98 Å². The third kappa shape index (κ3) is 4.44. The number of ether oxygens (including phenoxy) is 2. The van der Waals surface area contributed by atoms with E-state index in [1.54, 1.807) is 14.2 Å². The Morgan fingerprint density at radius 2 is 1.45 bits per heavy atom. The van der Waals surface area contributed by atoms with Crippen LogP contribution in [0.4, 0.5) is 0 Å². The zero-order chi connectivity index (χ0) is 21.1. The van der Waals surface area contributed by atoms with Crippen LogP contribution in [0.1, 0.15) is 23.7 Å². The molecule has 160 valence electrons. The highest BCUT2D eigenvalue weighted by Gasteiger charge is 2.17. The van der Waals surface area contributed by atoms with Gasteiger partial charge in [-0.2, -0.15) is 0 Å². The van der Waals surface area contributed by atoms with Crippen LogP contribution >= 0.6 is 12.4 Å². The minimum absolute atomic E-state index is 0. The first-order valence-corrected chi connectivity index (χ1v) is 10.1. The van der Waals surface area contributed by atoms with E-state index in [1.807, 2.05) is 43.3 Å². The van der Waals surface area contributed by atoms with Crippen LogP contribution in [0, 0.1) is 0 Å². The van der Waals surface area contributed by atoms with E-state index in [-0.39, 0.29) is 18.3 Å². The minimum Gasteiger partial charge on any atom is -0.493 e. The maximum Gasteiger partial charge on any atom is 0.215 e. The average molecular weight is 436 g/mol. The van der Waals surface area contributed by atoms with Gasteiger partial charge in [-0.1, -0.05) is 61.5 Å². The maximum absolute atomic E-state index is 10.8. The minimum atomic E-state index is 0. The summed E-state index contributed by atoms with van der Waals surface area (Å²) in [6, 6.07) is 22.6. The number of aromatic hydroxyl groups is 1. The molecule has 1 N–H and O–H groups in total. The Kier molecular flexibility index (Phi) is 7.03. The van der Waals surface area contributed by atoms with Crippen molar-refractivity contribution in [3.63, 3.8) is 0 Å². The number of hydrogen-bond donors (Lipinski definition) is 1. The van der Waals surface area contributed by atoms with Crippen molar-refractivity contribution in [2.24, 2.45) is 0 Å². The first kappa shape index (κ1) is 22.4. The SMILES string of the molecule is CCc1nc(O)c(Cc2cccc(-c3ccccc3)c2)c2cc(OC)c(OC)cc12.Cl. The summed E-state index contributed by atoms with van der Waals surface area (Å²) in [5.74, 6) is 1.36. The largest absolute Gasteiger partial charge is 0.493 e. The highest BCUT2D eigenvalue weighted by molar-refractivity contribution is 5.92. The summed E-state index contributed by atoms with van der Waals surface area (Å²) in [5.41, 5.74) is 5.04. The van der Waals surface area contributed by atoms with Gasteiger partial charge in [-0.3, -0.25) is 0 Å². The lowest BCUT2D eigenvalue weighted by molar-refractivity contribution is 0.355. The third-order valence-electron chi connectivity index (χ3n) is 5.42. The average Bonchev–Trinajstić information content (AvgIpc) is 2.80. The normalized spacial score (nSPS) is 10.5. The summed E-state index contributed by atoms with van der Waals surface area (Å²) >= 11 is 0. The van der Waals surface area contributed by atoms with Crippen LogP contribution in [0.25, 0.3) is 21.9 Å². The lowest BCUT2D eigenvalue weighted by Crippen LogP contribution is -2.00. The molecule has 0 saturated carbocycles. The second kappa shape index (κ2) is 9.71. The van der Waals surface area contributed by atoms with Crippen molar-refractivity contribution < 1.29 is 14.6 Å². The Morgan fingerprint density at radius 3 is 2.10 bits per heavy atom. The second-order valence-corrected chi connectivity index (χ2v) is 7.21. The fourth-order valence-electron chi connectivity index (χ4n) is 3.88. The molecule has 0 fully saturated rings. The zero-order valence-electron chi connectivity index (χ0n) is 17.9. The van der Waals surface area contributed by atoms with Gasteiger partial charge in [0.2, 0.25) is 5.88 Å². The maximum atomic E-state index is 10.8. The highest BCUT2D eigenvalue weighted by atomic mass is 35.5. The van der Waals surface area contributed by atoms with Crippen molar-refractivity contribution in [2.75, 3.05) is 14.2 Å². The van der Waals surface area contributed by atoms with Gasteiger partial charge in [0.05, 0.1) is 19.9 Å². The van der Waals surface area contributed by atoms with Crippen LogP contribution in [-0.2, 0) is 12.8 Å². The lowest BCUT2D eigenvalue weighted by Gasteiger charge is -2.16. The van der Waals surface area contributed by atoms with Gasteiger partial charge in [-0.05, 0) is 40.6 Å². The molecule has 0 aliphatic rings. The number of halogens is 1. The molecule has 0 radical (unpaired) electrons. The molecule has 31 heavy (non-hydrogen) atoms. The van der Waals surface area contributed by atoms with Crippen LogP contribution in [-0.4, -0.2) is 24.3 Å². The summed E-state index contributed by atoms with van der Waals surface area (Å²) < 4.78 is 11.0. The highest BCUT2D eigenvalue weighted by Crippen LogP contribution is 2.38. The quantitative estimate of drug-likeness (QED) is 0.391. The number of aryl methyl sites for hydroxylation is 1. The van der Waals surface area contributed by atoms with Crippen molar-refractivity contribution in [1.29, 1.82) is 0 Å². The Balaban J connectivity index is 0.00000272. The Labute approximate surface area is 188 Å². The molecule has 0 unspecified atom stereocenters. The van der Waals surface area contributed by atoms with Crippen molar-refractivity contribution >= 4 is 23.2 Å². The molecule has 1 aromatic heterocycles. The first-order chi connectivity index (χ1) is 14.6. The fourth-order valence-corrected chi connectivity index (χ4v) is 3.88. The fraction of sp³-hybridized carbons (Fsp3) is 0.192. The van der Waals surface area contributed by atoms with Gasteiger partial charge in [0.25, 0.3) is 0 Å². The molecule has 1 heterocycles. The Bertz CT molecular complexity index is 1190. The van der Waals surface area contributed by atoms with E-state index in [9.17, 15) is 5.11 Å². The molecule has 3 aromatic carbocycles. The monoisotopic (exact) mass is 435 g/mol. The van der Waals surface area contributed by atoms with E-state index in [0.29, 0.717) is 24.3 Å². The number of pyridine rings is 1. The molecular formula is C26H26ClNO3. The van der Waals surface area contributed by atoms with Crippen LogP contribution in [0.5, 0.6) is 17.4 Å². The number of aromatic nitrogens is 1. The molecule has 0 bridgehead atoms. The van der Waals surface area contributed by atoms with Gasteiger partial charge in [-0.15, -0.1) is 12.4 Å². The predicted molar refractivity (Wildman–Crippen MR) is 128 cm³/mol. The molecule has 4 nitrogen and oxygen atoms in total. The number of hydrogen-bond acceptors (Lipinski definition) is 4. The van der Waals surface area contributed by atoms with Gasteiger partial charge in [0.1, 0.15) is 0 Å². The number of methoxy groups -OCH3 is 2. The topological polar surface area (TPSA) is 51.6 Å². The molecule has 0 saturated heterocycles. The first-order valence-electron chi connectivity index (χ1n) is 10.1. The predicted octanol–water partition coefficient (Wildman–Crippen LogP) is 6.20. The number of benzene rings is 3. The summed E-state index contributed by atoms with van der Waals surface area (Å²) in [5, 5.41) is 12.7. The van der Waals surface area contributed by atoms with E-state index in [1.165, 1.54) is 5.56 Å². The van der Waals surface area contributed by atoms with Crippen molar-refractivity contribution in [3.05, 3.63) is 83.6 Å². The molecule has 4 rings (SSSR count). The van der Waals surface area contributed by atoms with Gasteiger partial charge < -0.3 is 14.6 Å². The van der Waals surface area contributed by atoms with E-state index in [0.717, 1.165) is 33.2 Å². The Morgan fingerprint density at radius 1 is 0.806 bits per heavy atom. The van der Waals surface area contributed by atoms with E-state index in [4.69, 9.17) is 9.47 Å². The summed E-state index contributed by atoms with van der Waals surface area (Å²) in [6.45, 7) is 2.03. The molecule has 0 spiro atoms. The van der Waals surface area contributed by atoms with Gasteiger partial charge in [0.15, 0.2) is 11.5 Å².